The van der Waals surface area contributed by atoms with Crippen molar-refractivity contribution in [3.63, 3.8) is 0 Å². The van der Waals surface area contributed by atoms with Crippen LogP contribution in [0.15, 0.2) is 78.9 Å². The van der Waals surface area contributed by atoms with Crippen molar-refractivity contribution in [3.05, 3.63) is 84.4 Å². The number of amides is 2. The van der Waals surface area contributed by atoms with Crippen molar-refractivity contribution in [3.8, 4) is 11.5 Å². The molecule has 0 radical (unpaired) electrons. The molecule has 3 rings (SSSR count). The zero-order valence-electron chi connectivity index (χ0n) is 21.1. The standard InChI is InChI=1S/C29H30N2O7/c1-2-3-19-36-29(35)21-9-11-22(12-10-21)31-27(33)20-37-28(34)18-17-26(32)30-23-13-15-25(16-14-23)38-24-7-5-4-6-8-24/h4-16H,2-3,17-20H2,1H3,(H,30,32)(H,31,33). The minimum atomic E-state index is -0.674. The fourth-order valence-corrected chi connectivity index (χ4v) is 3.17. The van der Waals surface area contributed by atoms with E-state index in [0.29, 0.717) is 35.0 Å². The molecule has 2 amide bonds. The Bertz CT molecular complexity index is 1210. The van der Waals surface area contributed by atoms with Gasteiger partial charge in [-0.1, -0.05) is 31.5 Å². The highest BCUT2D eigenvalue weighted by Gasteiger charge is 2.12. The largest absolute Gasteiger partial charge is 0.462 e. The lowest BCUT2D eigenvalue weighted by atomic mass is 10.2. The molecule has 0 heterocycles. The Labute approximate surface area is 221 Å². The van der Waals surface area contributed by atoms with Crippen molar-refractivity contribution in [1.82, 2.24) is 0 Å². The van der Waals surface area contributed by atoms with Gasteiger partial charge in [0.25, 0.3) is 5.91 Å². The number of rotatable bonds is 13. The second-order valence-corrected chi connectivity index (χ2v) is 8.26. The van der Waals surface area contributed by atoms with Gasteiger partial charge in [0.05, 0.1) is 18.6 Å². The summed E-state index contributed by atoms with van der Waals surface area (Å²) in [7, 11) is 0. The molecule has 0 fully saturated rings. The van der Waals surface area contributed by atoms with Crippen molar-refractivity contribution in [1.29, 1.82) is 0 Å². The van der Waals surface area contributed by atoms with Gasteiger partial charge in [-0.15, -0.1) is 0 Å². The van der Waals surface area contributed by atoms with E-state index in [1.54, 1.807) is 48.5 Å². The van der Waals surface area contributed by atoms with E-state index in [0.717, 1.165) is 12.8 Å². The summed E-state index contributed by atoms with van der Waals surface area (Å²) in [5.74, 6) is -0.683. The van der Waals surface area contributed by atoms with Crippen LogP contribution in [0.1, 0.15) is 43.0 Å². The zero-order valence-corrected chi connectivity index (χ0v) is 21.1. The topological polar surface area (TPSA) is 120 Å². The summed E-state index contributed by atoms with van der Waals surface area (Å²) < 4.78 is 15.8. The highest BCUT2D eigenvalue weighted by Crippen LogP contribution is 2.22. The summed E-state index contributed by atoms with van der Waals surface area (Å²) in [4.78, 5) is 48.1. The van der Waals surface area contributed by atoms with Crippen LogP contribution in [0.3, 0.4) is 0 Å². The number of hydrogen-bond acceptors (Lipinski definition) is 7. The summed E-state index contributed by atoms with van der Waals surface area (Å²) in [5.41, 5.74) is 1.37. The Hall–Kier alpha value is -4.66. The molecular weight excluding hydrogens is 488 g/mol. The quantitative estimate of drug-likeness (QED) is 0.232. The fraction of sp³-hybridized carbons (Fsp3) is 0.241. The van der Waals surface area contributed by atoms with Crippen LogP contribution >= 0.6 is 0 Å². The van der Waals surface area contributed by atoms with Crippen molar-refractivity contribution in [2.75, 3.05) is 23.8 Å². The van der Waals surface area contributed by atoms with Crippen LogP contribution in [-0.4, -0.2) is 37.0 Å². The van der Waals surface area contributed by atoms with Crippen molar-refractivity contribution in [2.45, 2.75) is 32.6 Å². The lowest BCUT2D eigenvalue weighted by molar-refractivity contribution is -0.147. The molecule has 0 aliphatic carbocycles. The molecule has 3 aromatic rings. The summed E-state index contributed by atoms with van der Waals surface area (Å²) >= 11 is 0. The lowest BCUT2D eigenvalue weighted by Gasteiger charge is -2.09. The fourth-order valence-electron chi connectivity index (χ4n) is 3.17. The number of carbonyl (C=O) groups is 4. The predicted molar refractivity (Wildman–Crippen MR) is 142 cm³/mol. The average molecular weight is 519 g/mol. The first-order valence-corrected chi connectivity index (χ1v) is 12.3. The van der Waals surface area contributed by atoms with Crippen LogP contribution in [0, 0.1) is 0 Å². The van der Waals surface area contributed by atoms with Gasteiger partial charge in [-0.2, -0.15) is 0 Å². The molecule has 198 valence electrons. The van der Waals surface area contributed by atoms with E-state index < -0.39 is 24.5 Å². The van der Waals surface area contributed by atoms with Crippen molar-refractivity contribution >= 4 is 35.1 Å². The van der Waals surface area contributed by atoms with Gasteiger partial charge >= 0.3 is 11.9 Å². The summed E-state index contributed by atoms with van der Waals surface area (Å²) in [5, 5.41) is 5.27. The van der Waals surface area contributed by atoms with E-state index >= 15 is 0 Å². The minimum Gasteiger partial charge on any atom is -0.462 e. The third kappa shape index (κ3) is 9.77. The number of hydrogen-bond donors (Lipinski definition) is 2. The highest BCUT2D eigenvalue weighted by atomic mass is 16.5. The maximum atomic E-state index is 12.2. The molecule has 0 saturated heterocycles. The van der Waals surface area contributed by atoms with E-state index in [1.807, 2.05) is 37.3 Å². The van der Waals surface area contributed by atoms with Gasteiger partial charge in [0.1, 0.15) is 11.5 Å². The third-order valence-electron chi connectivity index (χ3n) is 5.17. The summed E-state index contributed by atoms with van der Waals surface area (Å²) in [6.07, 6.45) is 1.45. The van der Waals surface area contributed by atoms with E-state index in [2.05, 4.69) is 10.6 Å². The molecule has 9 nitrogen and oxygen atoms in total. The molecule has 38 heavy (non-hydrogen) atoms. The average Bonchev–Trinajstić information content (AvgIpc) is 2.93. The van der Waals surface area contributed by atoms with Crippen LogP contribution in [-0.2, 0) is 23.9 Å². The first-order chi connectivity index (χ1) is 18.4. The molecule has 2 N–H and O–H groups in total. The van der Waals surface area contributed by atoms with Gasteiger partial charge in [-0.05, 0) is 67.1 Å². The second-order valence-electron chi connectivity index (χ2n) is 8.26. The monoisotopic (exact) mass is 518 g/mol. The lowest BCUT2D eigenvalue weighted by Crippen LogP contribution is -2.21. The molecule has 0 atom stereocenters. The first kappa shape index (κ1) is 27.9. The van der Waals surface area contributed by atoms with Gasteiger partial charge in [0.2, 0.25) is 5.91 Å². The molecular formula is C29H30N2O7. The van der Waals surface area contributed by atoms with E-state index in [-0.39, 0.29) is 18.7 Å². The molecule has 0 aliphatic rings. The van der Waals surface area contributed by atoms with Crippen LogP contribution in [0.25, 0.3) is 0 Å². The van der Waals surface area contributed by atoms with E-state index in [1.165, 1.54) is 0 Å². The third-order valence-corrected chi connectivity index (χ3v) is 5.17. The Balaban J connectivity index is 1.33. The van der Waals surface area contributed by atoms with Gasteiger partial charge in [-0.3, -0.25) is 14.4 Å². The number of carbonyl (C=O) groups excluding carboxylic acids is 4. The Kier molecular flexibility index (Phi) is 10.9. The SMILES string of the molecule is CCCCOC(=O)c1ccc(NC(=O)COC(=O)CCC(=O)Nc2ccc(Oc3ccccc3)cc2)cc1. The molecule has 0 spiro atoms. The number of unbranched alkanes of at least 4 members (excludes halogenated alkanes) is 1. The molecule has 0 aliphatic heterocycles. The van der Waals surface area contributed by atoms with E-state index in [4.69, 9.17) is 14.2 Å². The predicted octanol–water partition coefficient (Wildman–Crippen LogP) is 5.34. The van der Waals surface area contributed by atoms with Crippen LogP contribution < -0.4 is 15.4 Å². The van der Waals surface area contributed by atoms with Crippen molar-refractivity contribution in [2.24, 2.45) is 0 Å². The maximum absolute atomic E-state index is 12.2. The number of benzene rings is 3. The molecule has 0 saturated carbocycles. The number of nitrogens with one attached hydrogen (secondary N) is 2. The second kappa shape index (κ2) is 14.8. The first-order valence-electron chi connectivity index (χ1n) is 12.3. The van der Waals surface area contributed by atoms with Crippen LogP contribution in [0.2, 0.25) is 0 Å². The number of para-hydroxylation sites is 1. The van der Waals surface area contributed by atoms with Gasteiger partial charge in [0, 0.05) is 17.8 Å². The van der Waals surface area contributed by atoms with Gasteiger partial charge in [-0.25, -0.2) is 4.79 Å². The molecule has 0 bridgehead atoms. The molecule has 0 unspecified atom stereocenters. The van der Waals surface area contributed by atoms with E-state index in [9.17, 15) is 19.2 Å². The minimum absolute atomic E-state index is 0.0987. The Morgan fingerprint density at radius 1 is 0.684 bits per heavy atom. The molecule has 0 aromatic heterocycles. The van der Waals surface area contributed by atoms with Crippen LogP contribution in [0.4, 0.5) is 11.4 Å². The zero-order chi connectivity index (χ0) is 27.2. The van der Waals surface area contributed by atoms with Gasteiger partial charge < -0.3 is 24.8 Å². The number of esters is 2. The maximum Gasteiger partial charge on any atom is 0.338 e. The van der Waals surface area contributed by atoms with Crippen molar-refractivity contribution < 1.29 is 33.4 Å². The smallest absolute Gasteiger partial charge is 0.338 e. The summed E-state index contributed by atoms with van der Waals surface area (Å²) in [6, 6.07) is 22.3. The van der Waals surface area contributed by atoms with Gasteiger partial charge in [0.15, 0.2) is 6.61 Å². The Morgan fingerprint density at radius 3 is 1.95 bits per heavy atom. The highest BCUT2D eigenvalue weighted by molar-refractivity contribution is 5.95. The molecule has 3 aromatic carbocycles. The normalized spacial score (nSPS) is 10.2. The summed E-state index contributed by atoms with van der Waals surface area (Å²) in [6.45, 7) is 1.87. The number of anilines is 2. The molecule has 9 heteroatoms. The Morgan fingerprint density at radius 2 is 1.29 bits per heavy atom. The van der Waals surface area contributed by atoms with Crippen LogP contribution in [0.5, 0.6) is 11.5 Å². The number of ether oxygens (including phenoxy) is 3.